The van der Waals surface area contributed by atoms with Crippen molar-refractivity contribution in [1.29, 1.82) is 5.26 Å². The molecule has 6 aromatic carbocycles. The Hall–Kier alpha value is -5.43. The van der Waals surface area contributed by atoms with Gasteiger partial charge in [-0.2, -0.15) is 5.26 Å². The number of furan rings is 1. The second-order valence-corrected chi connectivity index (χ2v) is 34.7. The van der Waals surface area contributed by atoms with E-state index < -0.39 is 27.2 Å². The number of para-hydroxylation sites is 2. The van der Waals surface area contributed by atoms with Crippen molar-refractivity contribution in [1.82, 2.24) is 14.5 Å². The first kappa shape index (κ1) is 46.6. The van der Waals surface area contributed by atoms with E-state index in [2.05, 4.69) is 141 Å². The predicted molar refractivity (Wildman–Crippen MR) is 265 cm³/mol. The van der Waals surface area contributed by atoms with Crippen LogP contribution in [0.5, 0.6) is 0 Å². The maximum Gasteiger partial charge on any atom is 0.0795 e. The van der Waals surface area contributed by atoms with Crippen LogP contribution in [0.2, 0.25) is 36.9 Å². The monoisotopic (exact) mass is 1100 g/mol. The Kier molecular flexibility index (Phi) is 13.5. The fourth-order valence-corrected chi connectivity index (χ4v) is 11.6. The molecule has 64 heavy (non-hydrogen) atoms. The van der Waals surface area contributed by atoms with Gasteiger partial charge in [0.05, 0.1) is 13.6 Å². The standard InChI is InChI=1S/C41H37FGeN3O.C14H16NSi.Ir/c1-24(2)33-21-28(26-15-18-29(19-16-26)43(5,6)7)22-34(25(3)4)38(33)46-36-14-9-8-13-35(36)45-41(46)32-12-10-11-30-31-20-17-27(23-44)37(42)40(31)47-39(30)32;1-16(2,3)13-9-10-14(15-11-13)12-7-5-4-6-8-12;/h8-11,13-22,24-25H,1-7H3;4-7,9-11H,1-3H3;/q2*-1;. The number of halogens is 1. The smallest absolute Gasteiger partial charge is 0.0795 e. The predicted octanol–water partition coefficient (Wildman–Crippen LogP) is 14.0. The van der Waals surface area contributed by atoms with Crippen molar-refractivity contribution in [3.8, 4) is 45.5 Å². The van der Waals surface area contributed by atoms with Gasteiger partial charge in [0.1, 0.15) is 6.07 Å². The molecule has 0 spiro atoms. The molecular weight excluding hydrogens is 1040 g/mol. The van der Waals surface area contributed by atoms with Gasteiger partial charge in [-0.05, 0) is 16.9 Å². The topological polar surface area (TPSA) is 67.6 Å². The summed E-state index contributed by atoms with van der Waals surface area (Å²) in [7, 11) is -1.23. The summed E-state index contributed by atoms with van der Waals surface area (Å²) in [4.78, 5) is 9.70. The molecule has 9 heteroatoms. The summed E-state index contributed by atoms with van der Waals surface area (Å²) < 4.78 is 25.3. The van der Waals surface area contributed by atoms with Crippen molar-refractivity contribution in [3.05, 3.63) is 162 Å². The number of pyridine rings is 1. The number of imidazole rings is 1. The van der Waals surface area contributed by atoms with Gasteiger partial charge < -0.3 is 9.40 Å². The molecule has 0 atom stereocenters. The average Bonchev–Trinajstić information content (AvgIpc) is 3.85. The van der Waals surface area contributed by atoms with Gasteiger partial charge in [-0.3, -0.25) is 0 Å². The summed E-state index contributed by atoms with van der Waals surface area (Å²) in [5, 5.41) is 12.2. The summed E-state index contributed by atoms with van der Waals surface area (Å²) in [6.45, 7) is 16.0. The third-order valence-electron chi connectivity index (χ3n) is 11.8. The van der Waals surface area contributed by atoms with Crippen LogP contribution in [-0.4, -0.2) is 35.9 Å². The average molecular weight is 1100 g/mol. The van der Waals surface area contributed by atoms with Gasteiger partial charge in [0, 0.05) is 31.7 Å². The molecule has 9 rings (SSSR count). The minimum atomic E-state index is -1.94. The summed E-state index contributed by atoms with van der Waals surface area (Å²) in [6, 6.07) is 49.8. The van der Waals surface area contributed by atoms with E-state index in [-0.39, 0.29) is 43.1 Å². The molecule has 0 saturated heterocycles. The van der Waals surface area contributed by atoms with Gasteiger partial charge in [-0.1, -0.05) is 49.3 Å². The van der Waals surface area contributed by atoms with Crippen LogP contribution in [0.15, 0.2) is 132 Å². The maximum absolute atomic E-state index is 15.4. The number of nitrogens with zero attached hydrogens (tertiary/aromatic N) is 4. The first-order valence-electron chi connectivity index (χ1n) is 21.7. The second kappa shape index (κ2) is 18.6. The maximum atomic E-state index is 15.4. The molecule has 325 valence electrons. The van der Waals surface area contributed by atoms with Crippen molar-refractivity contribution < 1.29 is 28.9 Å². The molecule has 0 aliphatic heterocycles. The molecule has 0 saturated carbocycles. The number of fused-ring (bicyclic) bond motifs is 4. The van der Waals surface area contributed by atoms with Crippen LogP contribution in [0.25, 0.3) is 72.4 Å². The number of aromatic nitrogens is 3. The van der Waals surface area contributed by atoms with E-state index in [9.17, 15) is 5.26 Å². The minimum Gasteiger partial charge on any atom is -0.305 e. The van der Waals surface area contributed by atoms with E-state index in [1.54, 1.807) is 6.07 Å². The van der Waals surface area contributed by atoms with Crippen LogP contribution in [0, 0.1) is 29.3 Å². The molecule has 3 heterocycles. The normalized spacial score (nSPS) is 11.8. The van der Waals surface area contributed by atoms with Gasteiger partial charge in [0.2, 0.25) is 0 Å². The number of hydrogen-bond acceptors (Lipinski definition) is 4. The van der Waals surface area contributed by atoms with Crippen LogP contribution in [0.4, 0.5) is 4.39 Å². The van der Waals surface area contributed by atoms with Crippen LogP contribution in [-0.2, 0) is 20.1 Å². The summed E-state index contributed by atoms with van der Waals surface area (Å²) in [5.74, 6) is 7.72. The number of hydrogen-bond donors (Lipinski definition) is 0. The van der Waals surface area contributed by atoms with E-state index >= 15 is 4.39 Å². The summed E-state index contributed by atoms with van der Waals surface area (Å²) in [5.41, 5.74) is 11.0. The Morgan fingerprint density at radius 3 is 2.02 bits per heavy atom. The molecule has 0 unspecified atom stereocenters. The van der Waals surface area contributed by atoms with Gasteiger partial charge in [-0.15, -0.1) is 48.0 Å². The van der Waals surface area contributed by atoms with E-state index in [1.807, 2.05) is 66.9 Å². The Balaban J connectivity index is 0.000000304. The molecule has 0 aliphatic carbocycles. The minimum absolute atomic E-state index is 0. The van der Waals surface area contributed by atoms with Crippen molar-refractivity contribution in [2.75, 3.05) is 0 Å². The summed E-state index contributed by atoms with van der Waals surface area (Å²) in [6.07, 6.45) is 2.02. The third-order valence-corrected chi connectivity index (χ3v) is 18.1. The fraction of sp³-hybridized carbons (Fsp3) is 0.218. The molecule has 0 fully saturated rings. The van der Waals surface area contributed by atoms with Gasteiger partial charge in [0.25, 0.3) is 0 Å². The molecule has 0 amide bonds. The van der Waals surface area contributed by atoms with E-state index in [4.69, 9.17) is 9.40 Å². The zero-order valence-electron chi connectivity index (χ0n) is 38.2. The largest absolute Gasteiger partial charge is 0.305 e. The quantitative estimate of drug-likeness (QED) is 0.112. The van der Waals surface area contributed by atoms with Crippen molar-refractivity contribution in [3.63, 3.8) is 0 Å². The van der Waals surface area contributed by atoms with Crippen LogP contribution in [0.3, 0.4) is 0 Å². The second-order valence-electron chi connectivity index (χ2n) is 19.0. The van der Waals surface area contributed by atoms with Crippen molar-refractivity contribution >= 4 is 63.9 Å². The molecule has 9 aromatic rings. The van der Waals surface area contributed by atoms with Crippen molar-refractivity contribution in [2.45, 2.75) is 76.4 Å². The SMILES string of the molecule is CC(C)c1cc(-c2cc[c]([Ge]([CH3])([CH3])[CH3])cc2)cc(C(C)C)c1-n1c(-c2[c-]ccc3c2oc2c(F)c(C#N)ccc23)nc2ccccc21.C[Si](C)(C)c1ccc(-c2[c-]cccc2)nc1.[Ir]. The molecule has 0 N–H and O–H groups in total. The van der Waals surface area contributed by atoms with Gasteiger partial charge in [-0.25, -0.2) is 4.39 Å². The Labute approximate surface area is 394 Å². The zero-order valence-corrected chi connectivity index (χ0v) is 43.7. The molecular formula is C55H53FGeIrN4OSi-2. The van der Waals surface area contributed by atoms with E-state index in [0.29, 0.717) is 22.4 Å². The Morgan fingerprint density at radius 2 is 1.42 bits per heavy atom. The van der Waals surface area contributed by atoms with Gasteiger partial charge in [0.15, 0.2) is 11.4 Å². The zero-order chi connectivity index (χ0) is 44.8. The molecule has 5 nitrogen and oxygen atoms in total. The molecule has 0 bridgehead atoms. The van der Waals surface area contributed by atoms with Crippen LogP contribution >= 0.6 is 0 Å². The first-order valence-corrected chi connectivity index (χ1v) is 32.6. The Morgan fingerprint density at radius 1 is 0.750 bits per heavy atom. The van der Waals surface area contributed by atoms with E-state index in [0.717, 1.165) is 33.4 Å². The molecule has 0 aliphatic rings. The van der Waals surface area contributed by atoms with E-state index in [1.165, 1.54) is 37.9 Å². The van der Waals surface area contributed by atoms with Crippen LogP contribution < -0.4 is 9.58 Å². The summed E-state index contributed by atoms with van der Waals surface area (Å²) >= 11 is -1.94. The van der Waals surface area contributed by atoms with Crippen molar-refractivity contribution in [2.24, 2.45) is 0 Å². The van der Waals surface area contributed by atoms with Crippen LogP contribution in [0.1, 0.15) is 56.2 Å². The number of benzene rings is 6. The Bertz CT molecular complexity index is 3130. The molecule has 3 aromatic heterocycles. The number of nitriles is 1. The fourth-order valence-electron chi connectivity index (χ4n) is 8.14. The number of rotatable bonds is 8. The first-order chi connectivity index (χ1) is 30.0. The third kappa shape index (κ3) is 9.10. The molecule has 1 radical (unpaired) electrons. The van der Waals surface area contributed by atoms with Gasteiger partial charge >= 0.3 is 201 Å².